The number of ether oxygens (including phenoxy) is 2. The predicted octanol–water partition coefficient (Wildman–Crippen LogP) is 2.86. The maximum atomic E-state index is 12.9. The first-order chi connectivity index (χ1) is 12.1. The number of carbonyl (C=O) groups is 2. The molecular weight excluding hydrogens is 340 g/mol. The molecule has 1 aromatic rings. The molecule has 0 atom stereocenters. The van der Waals surface area contributed by atoms with Crippen LogP contribution in [-0.2, 0) is 4.74 Å². The van der Waals surface area contributed by atoms with Crippen LogP contribution in [0.15, 0.2) is 23.1 Å². The molecule has 0 aliphatic carbocycles. The molecule has 2 saturated heterocycles. The van der Waals surface area contributed by atoms with E-state index in [0.717, 1.165) is 30.7 Å². The third-order valence-corrected chi connectivity index (χ3v) is 5.56. The van der Waals surface area contributed by atoms with Crippen LogP contribution >= 0.6 is 11.8 Å². The van der Waals surface area contributed by atoms with Crippen molar-refractivity contribution in [1.82, 2.24) is 9.80 Å². The second kappa shape index (κ2) is 7.99. The van der Waals surface area contributed by atoms with E-state index >= 15 is 0 Å². The number of nitrogens with zero attached hydrogens (tertiary/aromatic N) is 2. The summed E-state index contributed by atoms with van der Waals surface area (Å²) in [7, 11) is 1.59. The van der Waals surface area contributed by atoms with E-state index < -0.39 is 0 Å². The summed E-state index contributed by atoms with van der Waals surface area (Å²) in [5, 5.41) is 0. The minimum atomic E-state index is -0.217. The number of thioether (sulfide) groups is 1. The molecule has 0 bridgehead atoms. The molecule has 0 spiro atoms. The van der Waals surface area contributed by atoms with Gasteiger partial charge in [0.1, 0.15) is 5.75 Å². The van der Waals surface area contributed by atoms with Crippen LogP contribution < -0.4 is 4.74 Å². The van der Waals surface area contributed by atoms with Crippen molar-refractivity contribution in [3.8, 4) is 5.75 Å². The summed E-state index contributed by atoms with van der Waals surface area (Å²) in [6.07, 6.45) is 4.22. The van der Waals surface area contributed by atoms with Crippen LogP contribution in [0.2, 0.25) is 0 Å². The number of benzene rings is 1. The lowest BCUT2D eigenvalue weighted by Gasteiger charge is -2.39. The van der Waals surface area contributed by atoms with Crippen LogP contribution in [0.3, 0.4) is 0 Å². The number of hydrogen-bond acceptors (Lipinski definition) is 5. The Balaban J connectivity index is 1.64. The van der Waals surface area contributed by atoms with Gasteiger partial charge in [0, 0.05) is 30.6 Å². The van der Waals surface area contributed by atoms with Gasteiger partial charge >= 0.3 is 6.09 Å². The molecule has 136 valence electrons. The Kier molecular flexibility index (Phi) is 5.73. The normalized spacial score (nSPS) is 18.9. The van der Waals surface area contributed by atoms with Gasteiger partial charge in [-0.25, -0.2) is 4.79 Å². The average Bonchev–Trinajstić information content (AvgIpc) is 2.67. The number of carbonyl (C=O) groups excluding carboxylic acids is 2. The van der Waals surface area contributed by atoms with Crippen molar-refractivity contribution in [1.29, 1.82) is 0 Å². The monoisotopic (exact) mass is 364 g/mol. The molecule has 2 heterocycles. The molecule has 0 aromatic heterocycles. The Morgan fingerprint density at radius 1 is 1.28 bits per heavy atom. The van der Waals surface area contributed by atoms with E-state index in [1.807, 2.05) is 34.3 Å². The number of amides is 2. The van der Waals surface area contributed by atoms with Gasteiger partial charge in [0.05, 0.1) is 19.3 Å². The van der Waals surface area contributed by atoms with Crippen molar-refractivity contribution in [2.24, 2.45) is 0 Å². The highest BCUT2D eigenvalue weighted by atomic mass is 32.2. The number of cyclic esters (lactones) is 1. The molecule has 7 heteroatoms. The van der Waals surface area contributed by atoms with E-state index in [1.54, 1.807) is 18.9 Å². The Hall–Kier alpha value is -1.89. The van der Waals surface area contributed by atoms with Gasteiger partial charge in [0.15, 0.2) is 0 Å². The first-order valence-electron chi connectivity index (χ1n) is 8.58. The first kappa shape index (κ1) is 17.9. The van der Waals surface area contributed by atoms with Crippen molar-refractivity contribution in [2.45, 2.75) is 30.2 Å². The van der Waals surface area contributed by atoms with E-state index in [0.29, 0.717) is 31.0 Å². The summed E-state index contributed by atoms with van der Waals surface area (Å²) in [5.74, 6) is 0.600. The van der Waals surface area contributed by atoms with E-state index in [4.69, 9.17) is 9.47 Å². The molecule has 6 nitrogen and oxygen atoms in total. The SMILES string of the molecule is COc1cc(SC)ccc1C(=O)N1CCC(N2CCCOC2=O)CC1. The number of methoxy groups -OCH3 is 1. The van der Waals surface area contributed by atoms with Crippen molar-refractivity contribution in [3.05, 3.63) is 23.8 Å². The van der Waals surface area contributed by atoms with Gasteiger partial charge in [-0.15, -0.1) is 11.8 Å². The summed E-state index contributed by atoms with van der Waals surface area (Å²) >= 11 is 1.62. The highest BCUT2D eigenvalue weighted by Gasteiger charge is 2.32. The number of hydrogen-bond donors (Lipinski definition) is 0. The Morgan fingerprint density at radius 2 is 2.04 bits per heavy atom. The molecule has 1 aromatic carbocycles. The molecule has 2 aliphatic rings. The van der Waals surface area contributed by atoms with E-state index in [2.05, 4.69) is 0 Å². The van der Waals surface area contributed by atoms with Crippen LogP contribution in [0.4, 0.5) is 4.79 Å². The molecule has 0 N–H and O–H groups in total. The molecule has 25 heavy (non-hydrogen) atoms. The van der Waals surface area contributed by atoms with Crippen molar-refractivity contribution in [2.75, 3.05) is 39.6 Å². The Morgan fingerprint density at radius 3 is 2.68 bits per heavy atom. The van der Waals surface area contributed by atoms with E-state index in [1.165, 1.54) is 0 Å². The maximum absolute atomic E-state index is 12.9. The Bertz CT molecular complexity index is 644. The molecule has 0 unspecified atom stereocenters. The largest absolute Gasteiger partial charge is 0.496 e. The standard InChI is InChI=1S/C18H24N2O4S/c1-23-16-12-14(25-2)4-5-15(16)17(21)19-9-6-13(7-10-19)20-8-3-11-24-18(20)22/h4-5,12-13H,3,6-11H2,1-2H3. The zero-order valence-electron chi connectivity index (χ0n) is 14.7. The molecule has 2 amide bonds. The number of piperidine rings is 1. The van der Waals surface area contributed by atoms with Crippen LogP contribution in [-0.4, -0.2) is 67.4 Å². The lowest BCUT2D eigenvalue weighted by atomic mass is 10.0. The van der Waals surface area contributed by atoms with Crippen molar-refractivity contribution < 1.29 is 19.1 Å². The van der Waals surface area contributed by atoms with Crippen LogP contribution in [0.5, 0.6) is 5.75 Å². The van der Waals surface area contributed by atoms with Crippen molar-refractivity contribution in [3.63, 3.8) is 0 Å². The zero-order valence-corrected chi connectivity index (χ0v) is 15.5. The topological polar surface area (TPSA) is 59.1 Å². The lowest BCUT2D eigenvalue weighted by molar-refractivity contribution is 0.0356. The highest BCUT2D eigenvalue weighted by molar-refractivity contribution is 7.98. The van der Waals surface area contributed by atoms with Crippen LogP contribution in [0.1, 0.15) is 29.6 Å². The maximum Gasteiger partial charge on any atom is 0.410 e. The van der Waals surface area contributed by atoms with Gasteiger partial charge in [0.2, 0.25) is 0 Å². The fourth-order valence-corrected chi connectivity index (χ4v) is 3.86. The average molecular weight is 364 g/mol. The third-order valence-electron chi connectivity index (χ3n) is 4.83. The first-order valence-corrected chi connectivity index (χ1v) is 9.81. The quantitative estimate of drug-likeness (QED) is 0.769. The molecule has 2 aliphatic heterocycles. The van der Waals surface area contributed by atoms with Gasteiger partial charge in [-0.1, -0.05) is 0 Å². The second-order valence-electron chi connectivity index (χ2n) is 6.25. The third kappa shape index (κ3) is 3.86. The van der Waals surface area contributed by atoms with Crippen LogP contribution in [0.25, 0.3) is 0 Å². The van der Waals surface area contributed by atoms with Gasteiger partial charge in [-0.2, -0.15) is 0 Å². The molecule has 0 saturated carbocycles. The van der Waals surface area contributed by atoms with E-state index in [9.17, 15) is 9.59 Å². The summed E-state index contributed by atoms with van der Waals surface area (Å²) in [5.41, 5.74) is 0.594. The smallest absolute Gasteiger partial charge is 0.410 e. The van der Waals surface area contributed by atoms with Gasteiger partial charge < -0.3 is 19.3 Å². The molecule has 2 fully saturated rings. The number of rotatable bonds is 4. The van der Waals surface area contributed by atoms with Gasteiger partial charge in [-0.3, -0.25) is 4.79 Å². The summed E-state index contributed by atoms with van der Waals surface area (Å²) in [6.45, 7) is 2.54. The van der Waals surface area contributed by atoms with Gasteiger partial charge in [-0.05, 0) is 43.7 Å². The zero-order chi connectivity index (χ0) is 17.8. The van der Waals surface area contributed by atoms with Crippen LogP contribution in [0, 0.1) is 0 Å². The minimum Gasteiger partial charge on any atom is -0.496 e. The van der Waals surface area contributed by atoms with Gasteiger partial charge in [0.25, 0.3) is 5.91 Å². The van der Waals surface area contributed by atoms with Crippen molar-refractivity contribution >= 4 is 23.8 Å². The summed E-state index contributed by atoms with van der Waals surface area (Å²) in [6, 6.07) is 5.84. The predicted molar refractivity (Wildman–Crippen MR) is 96.4 cm³/mol. The molecular formula is C18H24N2O4S. The minimum absolute atomic E-state index is 0.0100. The summed E-state index contributed by atoms with van der Waals surface area (Å²) < 4.78 is 10.5. The van der Waals surface area contributed by atoms with E-state index in [-0.39, 0.29) is 18.0 Å². The molecule has 3 rings (SSSR count). The lowest BCUT2D eigenvalue weighted by Crippen LogP contribution is -2.50. The number of likely N-dealkylation sites (tertiary alicyclic amines) is 1. The molecule has 0 radical (unpaired) electrons. The highest BCUT2D eigenvalue weighted by Crippen LogP contribution is 2.28. The fraction of sp³-hybridized carbons (Fsp3) is 0.556. The summed E-state index contributed by atoms with van der Waals surface area (Å²) in [4.78, 5) is 29.5. The fourth-order valence-electron chi connectivity index (χ4n) is 3.43. The Labute approximate surface area is 152 Å². The second-order valence-corrected chi connectivity index (χ2v) is 7.13.